The van der Waals surface area contributed by atoms with Gasteiger partial charge in [-0.1, -0.05) is 12.8 Å². The molecule has 1 N–H and O–H groups in total. The molecule has 1 amide bonds. The number of amides is 1. The highest BCUT2D eigenvalue weighted by Crippen LogP contribution is 2.31. The van der Waals surface area contributed by atoms with E-state index in [1.165, 1.54) is 25.7 Å². The molecule has 2 atom stereocenters. The first-order valence-corrected chi connectivity index (χ1v) is 6.81. The van der Waals surface area contributed by atoms with Crippen LogP contribution in [0.4, 0.5) is 0 Å². The first-order valence-electron chi connectivity index (χ1n) is 6.81. The maximum absolute atomic E-state index is 12.1. The summed E-state index contributed by atoms with van der Waals surface area (Å²) >= 11 is 0. The van der Waals surface area contributed by atoms with E-state index in [2.05, 4.69) is 10.2 Å². The van der Waals surface area contributed by atoms with E-state index in [0.29, 0.717) is 11.8 Å². The molecule has 3 rings (SSSR count). The Morgan fingerprint density at radius 1 is 1.12 bits per heavy atom. The van der Waals surface area contributed by atoms with Gasteiger partial charge in [0.25, 0.3) is 0 Å². The number of fused-ring (bicyclic) bond motifs is 1. The Morgan fingerprint density at radius 3 is 2.38 bits per heavy atom. The van der Waals surface area contributed by atoms with Crippen molar-refractivity contribution in [3.63, 3.8) is 0 Å². The van der Waals surface area contributed by atoms with E-state index in [1.807, 2.05) is 0 Å². The quantitative estimate of drug-likeness (QED) is 0.762. The molecule has 0 bridgehead atoms. The fourth-order valence-electron chi connectivity index (χ4n) is 3.65. The predicted molar refractivity (Wildman–Crippen MR) is 63.0 cm³/mol. The van der Waals surface area contributed by atoms with Gasteiger partial charge in [0, 0.05) is 32.6 Å². The first kappa shape index (κ1) is 10.6. The minimum atomic E-state index is 0.432. The molecule has 90 valence electrons. The van der Waals surface area contributed by atoms with Crippen molar-refractivity contribution in [3.05, 3.63) is 0 Å². The molecule has 3 heteroatoms. The molecule has 2 saturated heterocycles. The molecule has 1 saturated carbocycles. The highest BCUT2D eigenvalue weighted by atomic mass is 16.2. The van der Waals surface area contributed by atoms with Crippen LogP contribution in [0.3, 0.4) is 0 Å². The van der Waals surface area contributed by atoms with Crippen molar-refractivity contribution in [1.82, 2.24) is 10.2 Å². The van der Waals surface area contributed by atoms with Crippen molar-refractivity contribution in [2.45, 2.75) is 32.1 Å². The number of carbonyl (C=O) groups excluding carboxylic acids is 1. The highest BCUT2D eigenvalue weighted by molar-refractivity contribution is 5.76. The average molecular weight is 222 g/mol. The van der Waals surface area contributed by atoms with E-state index in [-0.39, 0.29) is 0 Å². The fourth-order valence-corrected chi connectivity index (χ4v) is 3.65. The molecule has 0 unspecified atom stereocenters. The van der Waals surface area contributed by atoms with Crippen LogP contribution in [0.5, 0.6) is 0 Å². The van der Waals surface area contributed by atoms with Crippen LogP contribution >= 0.6 is 0 Å². The van der Waals surface area contributed by atoms with Crippen molar-refractivity contribution in [1.29, 1.82) is 0 Å². The van der Waals surface area contributed by atoms with Gasteiger partial charge in [0.1, 0.15) is 0 Å². The van der Waals surface area contributed by atoms with Crippen LogP contribution in [-0.4, -0.2) is 37.0 Å². The number of nitrogens with zero attached hydrogens (tertiary/aromatic N) is 1. The molecule has 2 aliphatic heterocycles. The summed E-state index contributed by atoms with van der Waals surface area (Å²) in [6.07, 6.45) is 6.08. The normalized spacial score (nSPS) is 34.6. The molecule has 3 nitrogen and oxygen atoms in total. The van der Waals surface area contributed by atoms with Crippen molar-refractivity contribution in [3.8, 4) is 0 Å². The van der Waals surface area contributed by atoms with Crippen LogP contribution in [0, 0.1) is 17.8 Å². The van der Waals surface area contributed by atoms with Gasteiger partial charge in [-0.05, 0) is 30.6 Å². The molecule has 0 aromatic rings. The van der Waals surface area contributed by atoms with E-state index in [1.54, 1.807) is 0 Å². The lowest BCUT2D eigenvalue weighted by molar-refractivity contribution is -0.131. The zero-order valence-corrected chi connectivity index (χ0v) is 9.95. The molecule has 0 spiro atoms. The third-order valence-electron chi connectivity index (χ3n) is 4.68. The van der Waals surface area contributed by atoms with Crippen LogP contribution in [0.2, 0.25) is 0 Å². The lowest BCUT2D eigenvalue weighted by atomic mass is 10.0. The Labute approximate surface area is 97.6 Å². The lowest BCUT2D eigenvalue weighted by Gasteiger charge is -2.19. The molecule has 16 heavy (non-hydrogen) atoms. The maximum Gasteiger partial charge on any atom is 0.222 e. The van der Waals surface area contributed by atoms with Gasteiger partial charge in [-0.2, -0.15) is 0 Å². The molecule has 0 aromatic heterocycles. The molecule has 0 aromatic carbocycles. The summed E-state index contributed by atoms with van der Waals surface area (Å²) in [5, 5.41) is 3.42. The Balaban J connectivity index is 1.51. The van der Waals surface area contributed by atoms with E-state index in [9.17, 15) is 4.79 Å². The number of rotatable bonds is 2. The van der Waals surface area contributed by atoms with Gasteiger partial charge in [0.2, 0.25) is 5.91 Å². The fraction of sp³-hybridized carbons (Fsp3) is 0.923. The Morgan fingerprint density at radius 2 is 1.75 bits per heavy atom. The van der Waals surface area contributed by atoms with E-state index in [0.717, 1.165) is 44.4 Å². The van der Waals surface area contributed by atoms with Crippen molar-refractivity contribution >= 4 is 5.91 Å². The Bertz CT molecular complexity index is 261. The number of likely N-dealkylation sites (tertiary alicyclic amines) is 1. The van der Waals surface area contributed by atoms with Gasteiger partial charge in [0.05, 0.1) is 0 Å². The minimum Gasteiger partial charge on any atom is -0.342 e. The second-order valence-corrected chi connectivity index (χ2v) is 5.83. The Hall–Kier alpha value is -0.570. The molecule has 1 aliphatic carbocycles. The number of hydrogen-bond donors (Lipinski definition) is 1. The van der Waals surface area contributed by atoms with Crippen LogP contribution in [0.15, 0.2) is 0 Å². The monoisotopic (exact) mass is 222 g/mol. The van der Waals surface area contributed by atoms with Crippen molar-refractivity contribution in [2.24, 2.45) is 17.8 Å². The summed E-state index contributed by atoms with van der Waals surface area (Å²) in [4.78, 5) is 14.3. The molecular formula is C13H22N2O. The smallest absolute Gasteiger partial charge is 0.222 e. The average Bonchev–Trinajstić information content (AvgIpc) is 2.91. The van der Waals surface area contributed by atoms with Crippen molar-refractivity contribution < 1.29 is 4.79 Å². The molecule has 3 aliphatic rings. The van der Waals surface area contributed by atoms with Gasteiger partial charge >= 0.3 is 0 Å². The largest absolute Gasteiger partial charge is 0.342 e. The van der Waals surface area contributed by atoms with Gasteiger partial charge in [-0.3, -0.25) is 4.79 Å². The third-order valence-corrected chi connectivity index (χ3v) is 4.68. The van der Waals surface area contributed by atoms with Crippen LogP contribution in [0.1, 0.15) is 32.1 Å². The SMILES string of the molecule is O=C(CC1CCCC1)N1C[C@H]2CNC[C@H]2C1. The van der Waals surface area contributed by atoms with Gasteiger partial charge in [0.15, 0.2) is 0 Å². The number of hydrogen-bond acceptors (Lipinski definition) is 2. The van der Waals surface area contributed by atoms with E-state index in [4.69, 9.17) is 0 Å². The maximum atomic E-state index is 12.1. The van der Waals surface area contributed by atoms with Crippen LogP contribution < -0.4 is 5.32 Å². The first-order chi connectivity index (χ1) is 7.83. The number of nitrogens with one attached hydrogen (secondary N) is 1. The third kappa shape index (κ3) is 1.97. The standard InChI is InChI=1S/C13H22N2O/c16-13(5-10-3-1-2-4-10)15-8-11-6-14-7-12(11)9-15/h10-12,14H,1-9H2/t11-,12+. The van der Waals surface area contributed by atoms with Crippen molar-refractivity contribution in [2.75, 3.05) is 26.2 Å². The summed E-state index contributed by atoms with van der Waals surface area (Å²) < 4.78 is 0. The highest BCUT2D eigenvalue weighted by Gasteiger charge is 2.38. The topological polar surface area (TPSA) is 32.3 Å². The second kappa shape index (κ2) is 4.36. The molecular weight excluding hydrogens is 200 g/mol. The van der Waals surface area contributed by atoms with Crippen LogP contribution in [0.25, 0.3) is 0 Å². The summed E-state index contributed by atoms with van der Waals surface area (Å²) in [6, 6.07) is 0. The molecule has 3 fully saturated rings. The second-order valence-electron chi connectivity index (χ2n) is 5.83. The predicted octanol–water partition coefficient (Wildman–Crippen LogP) is 1.24. The summed E-state index contributed by atoms with van der Waals surface area (Å²) in [5.41, 5.74) is 0. The Kier molecular flexibility index (Phi) is 2.88. The van der Waals surface area contributed by atoms with Gasteiger partial charge in [-0.25, -0.2) is 0 Å². The summed E-state index contributed by atoms with van der Waals surface area (Å²) in [6.45, 7) is 4.28. The number of carbonyl (C=O) groups is 1. The van der Waals surface area contributed by atoms with Gasteiger partial charge < -0.3 is 10.2 Å². The summed E-state index contributed by atoms with van der Waals surface area (Å²) in [5.74, 6) is 2.62. The van der Waals surface area contributed by atoms with E-state index >= 15 is 0 Å². The minimum absolute atomic E-state index is 0.432. The molecule has 2 heterocycles. The van der Waals surface area contributed by atoms with Crippen LogP contribution in [-0.2, 0) is 4.79 Å². The van der Waals surface area contributed by atoms with Gasteiger partial charge in [-0.15, -0.1) is 0 Å². The summed E-state index contributed by atoms with van der Waals surface area (Å²) in [7, 11) is 0. The zero-order chi connectivity index (χ0) is 11.0. The van der Waals surface area contributed by atoms with E-state index < -0.39 is 0 Å². The molecule has 0 radical (unpaired) electrons. The zero-order valence-electron chi connectivity index (χ0n) is 9.95. The lowest BCUT2D eigenvalue weighted by Crippen LogP contribution is -2.32.